The molecule has 2 amide bonds. The highest BCUT2D eigenvalue weighted by atomic mass is 16.5. The Bertz CT molecular complexity index is 554. The second-order valence-corrected chi connectivity index (χ2v) is 5.65. The van der Waals surface area contributed by atoms with E-state index in [0.29, 0.717) is 13.1 Å². The maximum atomic E-state index is 12.0. The average Bonchev–Trinajstić information content (AvgIpc) is 3.39. The molecule has 22 heavy (non-hydrogen) atoms. The van der Waals surface area contributed by atoms with Crippen LogP contribution in [-0.2, 0) is 14.3 Å². The Morgan fingerprint density at radius 3 is 2.73 bits per heavy atom. The lowest BCUT2D eigenvalue weighted by Gasteiger charge is -2.33. The molecule has 1 unspecified atom stereocenters. The average molecular weight is 304 g/mol. The monoisotopic (exact) mass is 304 g/mol. The van der Waals surface area contributed by atoms with Gasteiger partial charge in [-0.15, -0.1) is 0 Å². The summed E-state index contributed by atoms with van der Waals surface area (Å²) in [5.41, 5.74) is 0.813. The van der Waals surface area contributed by atoms with Gasteiger partial charge in [0.15, 0.2) is 0 Å². The van der Waals surface area contributed by atoms with Crippen molar-refractivity contribution in [2.45, 2.75) is 18.9 Å². The van der Waals surface area contributed by atoms with E-state index in [2.05, 4.69) is 5.32 Å². The van der Waals surface area contributed by atoms with Gasteiger partial charge in [-0.1, -0.05) is 0 Å². The van der Waals surface area contributed by atoms with Gasteiger partial charge in [0.2, 0.25) is 5.91 Å². The first-order valence-corrected chi connectivity index (χ1v) is 7.51. The Balaban J connectivity index is 1.59. The number of methoxy groups -OCH3 is 1. The number of rotatable bonds is 5. The van der Waals surface area contributed by atoms with Crippen molar-refractivity contribution in [3.63, 3.8) is 0 Å². The molecular formula is C16H20N2O4. The SMILES string of the molecule is COc1ccc(N2CC(CNC(=O)C3CC3)OCC2=O)cc1. The highest BCUT2D eigenvalue weighted by Gasteiger charge is 2.31. The molecule has 1 aromatic rings. The Morgan fingerprint density at radius 2 is 2.09 bits per heavy atom. The molecule has 3 rings (SSSR count). The summed E-state index contributed by atoms with van der Waals surface area (Å²) in [6.07, 6.45) is 1.78. The molecule has 118 valence electrons. The molecular weight excluding hydrogens is 284 g/mol. The van der Waals surface area contributed by atoms with Crippen LogP contribution in [0.3, 0.4) is 0 Å². The Kier molecular flexibility index (Phi) is 4.29. The molecule has 0 bridgehead atoms. The molecule has 1 aromatic carbocycles. The summed E-state index contributed by atoms with van der Waals surface area (Å²) in [6, 6.07) is 7.34. The number of nitrogens with one attached hydrogen (secondary N) is 1. The lowest BCUT2D eigenvalue weighted by atomic mass is 10.2. The van der Waals surface area contributed by atoms with E-state index in [1.165, 1.54) is 0 Å². The van der Waals surface area contributed by atoms with Gasteiger partial charge in [0.1, 0.15) is 12.4 Å². The molecule has 6 heteroatoms. The molecule has 6 nitrogen and oxygen atoms in total. The van der Waals surface area contributed by atoms with Crippen molar-refractivity contribution in [1.29, 1.82) is 0 Å². The molecule has 1 atom stereocenters. The third kappa shape index (κ3) is 3.39. The lowest BCUT2D eigenvalue weighted by Crippen LogP contribution is -2.50. The maximum Gasteiger partial charge on any atom is 0.253 e. The molecule has 2 aliphatic rings. The minimum Gasteiger partial charge on any atom is -0.497 e. The van der Waals surface area contributed by atoms with E-state index in [1.807, 2.05) is 24.3 Å². The first-order valence-electron chi connectivity index (χ1n) is 7.51. The van der Waals surface area contributed by atoms with Crippen LogP contribution in [0.2, 0.25) is 0 Å². The zero-order valence-corrected chi connectivity index (χ0v) is 12.6. The molecule has 0 radical (unpaired) electrons. The third-order valence-electron chi connectivity index (χ3n) is 3.97. The number of hydrogen-bond donors (Lipinski definition) is 1. The Hall–Kier alpha value is -2.08. The molecule has 1 saturated carbocycles. The van der Waals surface area contributed by atoms with Gasteiger partial charge in [0.05, 0.1) is 19.8 Å². The first-order chi connectivity index (χ1) is 10.7. The van der Waals surface area contributed by atoms with Gasteiger partial charge in [-0.05, 0) is 37.1 Å². The number of amides is 2. The van der Waals surface area contributed by atoms with E-state index in [-0.39, 0.29) is 30.4 Å². The molecule has 2 fully saturated rings. The molecule has 1 aliphatic heterocycles. The van der Waals surface area contributed by atoms with Crippen molar-refractivity contribution in [3.8, 4) is 5.75 Å². The smallest absolute Gasteiger partial charge is 0.253 e. The van der Waals surface area contributed by atoms with E-state index < -0.39 is 0 Å². The van der Waals surface area contributed by atoms with Crippen molar-refractivity contribution >= 4 is 17.5 Å². The van der Waals surface area contributed by atoms with Crippen molar-refractivity contribution in [3.05, 3.63) is 24.3 Å². The summed E-state index contributed by atoms with van der Waals surface area (Å²) < 4.78 is 10.6. The van der Waals surface area contributed by atoms with Crippen LogP contribution in [0.5, 0.6) is 5.75 Å². The summed E-state index contributed by atoms with van der Waals surface area (Å²) in [6.45, 7) is 0.918. The predicted octanol–water partition coefficient (Wildman–Crippen LogP) is 0.953. The van der Waals surface area contributed by atoms with Gasteiger partial charge >= 0.3 is 0 Å². The van der Waals surface area contributed by atoms with Gasteiger partial charge in [0, 0.05) is 18.2 Å². The van der Waals surface area contributed by atoms with Gasteiger partial charge in [-0.3, -0.25) is 9.59 Å². The Morgan fingerprint density at radius 1 is 1.36 bits per heavy atom. The van der Waals surface area contributed by atoms with Gasteiger partial charge < -0.3 is 19.7 Å². The molecule has 0 aromatic heterocycles. The van der Waals surface area contributed by atoms with Crippen molar-refractivity contribution in [1.82, 2.24) is 5.32 Å². The molecule has 1 heterocycles. The number of ether oxygens (including phenoxy) is 2. The van der Waals surface area contributed by atoms with E-state index >= 15 is 0 Å². The maximum absolute atomic E-state index is 12.0. The zero-order chi connectivity index (χ0) is 15.5. The van der Waals surface area contributed by atoms with Crippen molar-refractivity contribution in [2.24, 2.45) is 5.92 Å². The number of carbonyl (C=O) groups excluding carboxylic acids is 2. The summed E-state index contributed by atoms with van der Waals surface area (Å²) in [4.78, 5) is 25.4. The topological polar surface area (TPSA) is 67.9 Å². The zero-order valence-electron chi connectivity index (χ0n) is 12.6. The van der Waals surface area contributed by atoms with Crippen LogP contribution in [0.15, 0.2) is 24.3 Å². The van der Waals surface area contributed by atoms with Crippen LogP contribution in [0.25, 0.3) is 0 Å². The van der Waals surface area contributed by atoms with Gasteiger partial charge in [-0.25, -0.2) is 0 Å². The molecule has 1 saturated heterocycles. The number of hydrogen-bond acceptors (Lipinski definition) is 4. The Labute approximate surface area is 129 Å². The van der Waals surface area contributed by atoms with Crippen LogP contribution in [0.1, 0.15) is 12.8 Å². The number of carbonyl (C=O) groups is 2. The van der Waals surface area contributed by atoms with Crippen LogP contribution in [-0.4, -0.2) is 44.7 Å². The molecule has 1 aliphatic carbocycles. The third-order valence-corrected chi connectivity index (χ3v) is 3.97. The predicted molar refractivity (Wildman–Crippen MR) is 80.8 cm³/mol. The van der Waals surface area contributed by atoms with Crippen LogP contribution in [0.4, 0.5) is 5.69 Å². The number of morpholine rings is 1. The fraction of sp³-hybridized carbons (Fsp3) is 0.500. The quantitative estimate of drug-likeness (QED) is 0.879. The van der Waals surface area contributed by atoms with Crippen LogP contribution < -0.4 is 15.0 Å². The fourth-order valence-corrected chi connectivity index (χ4v) is 2.46. The number of benzene rings is 1. The molecule has 0 spiro atoms. The minimum absolute atomic E-state index is 0.0377. The first kappa shape index (κ1) is 14.8. The standard InChI is InChI=1S/C16H20N2O4/c1-21-13-6-4-12(5-7-13)18-9-14(22-10-15(18)19)8-17-16(20)11-2-3-11/h4-7,11,14H,2-3,8-10H2,1H3,(H,17,20). The van der Waals surface area contributed by atoms with Crippen molar-refractivity contribution < 1.29 is 19.1 Å². The molecule has 1 N–H and O–H groups in total. The second kappa shape index (κ2) is 6.36. The van der Waals surface area contributed by atoms with E-state index in [9.17, 15) is 9.59 Å². The largest absolute Gasteiger partial charge is 0.497 e. The lowest BCUT2D eigenvalue weighted by molar-refractivity contribution is -0.129. The van der Waals surface area contributed by atoms with E-state index in [4.69, 9.17) is 9.47 Å². The van der Waals surface area contributed by atoms with Crippen LogP contribution in [0, 0.1) is 5.92 Å². The van der Waals surface area contributed by atoms with E-state index in [1.54, 1.807) is 12.0 Å². The van der Waals surface area contributed by atoms with Crippen LogP contribution >= 0.6 is 0 Å². The summed E-state index contributed by atoms with van der Waals surface area (Å²) in [7, 11) is 1.60. The summed E-state index contributed by atoms with van der Waals surface area (Å²) in [5.74, 6) is 0.951. The van der Waals surface area contributed by atoms with Crippen molar-refractivity contribution in [2.75, 3.05) is 31.7 Å². The fourth-order valence-electron chi connectivity index (χ4n) is 2.46. The highest BCUT2D eigenvalue weighted by Crippen LogP contribution is 2.28. The number of anilines is 1. The summed E-state index contributed by atoms with van der Waals surface area (Å²) in [5, 5.41) is 2.90. The second-order valence-electron chi connectivity index (χ2n) is 5.65. The summed E-state index contributed by atoms with van der Waals surface area (Å²) >= 11 is 0. The van der Waals surface area contributed by atoms with Gasteiger partial charge in [0.25, 0.3) is 5.91 Å². The number of nitrogens with zero attached hydrogens (tertiary/aromatic N) is 1. The van der Waals surface area contributed by atoms with Gasteiger partial charge in [-0.2, -0.15) is 0 Å². The van der Waals surface area contributed by atoms with E-state index in [0.717, 1.165) is 24.3 Å². The highest BCUT2D eigenvalue weighted by molar-refractivity contribution is 5.95. The normalized spacial score (nSPS) is 21.6. The minimum atomic E-state index is -0.178.